The van der Waals surface area contributed by atoms with Crippen LogP contribution in [0.4, 0.5) is 0 Å². The van der Waals surface area contributed by atoms with Gasteiger partial charge >= 0.3 is 5.97 Å². The number of Topliss-reactive ketones (excluding diaryl/α,β-unsaturated/α-hetero) is 1. The number of carbonyl (C=O) groups excluding carboxylic acids is 2. The van der Waals surface area contributed by atoms with Crippen LogP contribution in [-0.4, -0.2) is 23.2 Å². The van der Waals surface area contributed by atoms with Crippen LogP contribution in [0.25, 0.3) is 10.8 Å². The van der Waals surface area contributed by atoms with Gasteiger partial charge in [0.2, 0.25) is 5.90 Å². The first-order chi connectivity index (χ1) is 19.1. The van der Waals surface area contributed by atoms with Gasteiger partial charge in [-0.25, -0.2) is 9.79 Å². The maximum Gasteiger partial charge on any atom is 0.341 e. The average molecular weight is 510 g/mol. The topological polar surface area (TPSA) is 55.7 Å². The van der Waals surface area contributed by atoms with E-state index < -0.39 is 17.4 Å². The van der Waals surface area contributed by atoms with Gasteiger partial charge in [-0.15, -0.1) is 0 Å². The highest BCUT2D eigenvalue weighted by atomic mass is 16.6. The Labute approximate surface area is 227 Å². The van der Waals surface area contributed by atoms with E-state index in [4.69, 9.17) is 9.73 Å². The third-order valence-corrected chi connectivity index (χ3v) is 7.42. The van der Waals surface area contributed by atoms with Crippen LogP contribution < -0.4 is 0 Å². The molecule has 5 aromatic rings. The van der Waals surface area contributed by atoms with E-state index >= 15 is 0 Å². The summed E-state index contributed by atoms with van der Waals surface area (Å²) in [6.45, 7) is 0. The van der Waals surface area contributed by atoms with Crippen molar-refractivity contribution in [3.05, 3.63) is 156 Å². The number of hydrogen-bond donors (Lipinski definition) is 0. The van der Waals surface area contributed by atoms with Gasteiger partial charge in [0, 0.05) is 29.9 Å². The van der Waals surface area contributed by atoms with Gasteiger partial charge in [-0.1, -0.05) is 121 Å². The first-order valence-corrected chi connectivity index (χ1v) is 13.1. The van der Waals surface area contributed by atoms with Crippen LogP contribution in [0.5, 0.6) is 0 Å². The molecule has 0 spiro atoms. The Hall–Kier alpha value is -4.83. The van der Waals surface area contributed by atoms with Gasteiger partial charge in [-0.05, 0) is 34.0 Å². The number of carbonyl (C=O) groups is 2. The molecule has 4 nitrogen and oxygen atoms in total. The van der Waals surface area contributed by atoms with Crippen LogP contribution >= 0.6 is 0 Å². The van der Waals surface area contributed by atoms with E-state index in [0.29, 0.717) is 12.0 Å². The van der Waals surface area contributed by atoms with Crippen molar-refractivity contribution >= 4 is 28.4 Å². The van der Waals surface area contributed by atoms with E-state index in [9.17, 15) is 9.59 Å². The number of esters is 1. The fourth-order valence-corrected chi connectivity index (χ4v) is 5.41. The minimum absolute atomic E-state index is 0.0441. The number of nitrogens with zero attached hydrogens (tertiary/aromatic N) is 1. The molecule has 1 heterocycles. The zero-order valence-corrected chi connectivity index (χ0v) is 21.4. The minimum atomic E-state index is -1.32. The molecule has 0 radical (unpaired) electrons. The molecular weight excluding hydrogens is 482 g/mol. The Kier molecular flexibility index (Phi) is 6.60. The smallest absolute Gasteiger partial charge is 0.341 e. The summed E-state index contributed by atoms with van der Waals surface area (Å²) in [7, 11) is 0. The first-order valence-electron chi connectivity index (χ1n) is 13.1. The second-order valence-corrected chi connectivity index (χ2v) is 9.91. The van der Waals surface area contributed by atoms with Crippen molar-refractivity contribution in [2.45, 2.75) is 24.3 Å². The average Bonchev–Trinajstić information content (AvgIpc) is 3.33. The molecule has 1 aliphatic heterocycles. The number of benzene rings is 5. The Bertz CT molecular complexity index is 1660. The molecule has 0 fully saturated rings. The standard InChI is InChI=1S/C35H27NO3/c37-32(27-15-6-2-7-16-27)23-31(30-21-20-26-14-10-11-19-29(26)22-30)35(24-25-12-4-1-5-13-25)34(38)39-33(36-35)28-17-8-3-9-18-28/h1-22,31H,23-24H2/t31-,35-/m1/s1. The van der Waals surface area contributed by atoms with E-state index in [1.54, 1.807) is 0 Å². The summed E-state index contributed by atoms with van der Waals surface area (Å²) in [5, 5.41) is 2.13. The van der Waals surface area contributed by atoms with E-state index in [1.807, 2.05) is 121 Å². The number of cyclic esters (lactones) is 1. The maximum atomic E-state index is 14.0. The SMILES string of the molecule is O=C(C[C@H](c1ccc2ccccc2c1)[C@@]1(Cc2ccccc2)N=C(c2ccccc2)OC1=O)c1ccccc1. The van der Waals surface area contributed by atoms with Gasteiger partial charge < -0.3 is 4.74 Å². The lowest BCUT2D eigenvalue weighted by atomic mass is 9.72. The van der Waals surface area contributed by atoms with Gasteiger partial charge in [0.25, 0.3) is 0 Å². The second-order valence-electron chi connectivity index (χ2n) is 9.91. The number of ether oxygens (including phenoxy) is 1. The summed E-state index contributed by atoms with van der Waals surface area (Å²) in [5.41, 5.74) is 1.85. The summed E-state index contributed by atoms with van der Waals surface area (Å²) in [6, 6.07) is 42.7. The summed E-state index contributed by atoms with van der Waals surface area (Å²) in [6.07, 6.45) is 0.415. The molecule has 39 heavy (non-hydrogen) atoms. The number of fused-ring (bicyclic) bond motifs is 1. The monoisotopic (exact) mass is 509 g/mol. The number of aliphatic imine (C=N–C) groups is 1. The molecule has 0 aromatic heterocycles. The molecule has 6 rings (SSSR count). The summed E-state index contributed by atoms with van der Waals surface area (Å²) < 4.78 is 5.91. The van der Waals surface area contributed by atoms with Gasteiger partial charge in [0.05, 0.1) is 0 Å². The maximum absolute atomic E-state index is 14.0. The Morgan fingerprint density at radius 2 is 1.33 bits per heavy atom. The van der Waals surface area contributed by atoms with Crippen molar-refractivity contribution in [2.24, 2.45) is 4.99 Å². The van der Waals surface area contributed by atoms with Gasteiger partial charge in [-0.2, -0.15) is 0 Å². The number of hydrogen-bond acceptors (Lipinski definition) is 4. The number of rotatable bonds is 8. The fourth-order valence-electron chi connectivity index (χ4n) is 5.41. The first kappa shape index (κ1) is 24.5. The minimum Gasteiger partial charge on any atom is -0.405 e. The highest BCUT2D eigenvalue weighted by molar-refractivity contribution is 6.09. The van der Waals surface area contributed by atoms with Crippen molar-refractivity contribution in [1.29, 1.82) is 0 Å². The van der Waals surface area contributed by atoms with Crippen LogP contribution in [0.2, 0.25) is 0 Å². The van der Waals surface area contributed by atoms with Crippen molar-refractivity contribution in [1.82, 2.24) is 0 Å². The van der Waals surface area contributed by atoms with E-state index in [0.717, 1.165) is 27.5 Å². The summed E-state index contributed by atoms with van der Waals surface area (Å²) in [5.74, 6) is -0.750. The molecule has 0 bridgehead atoms. The molecule has 0 aliphatic carbocycles. The molecule has 190 valence electrons. The van der Waals surface area contributed by atoms with E-state index in [2.05, 4.69) is 12.1 Å². The van der Waals surface area contributed by atoms with Crippen molar-refractivity contribution < 1.29 is 14.3 Å². The molecule has 5 aromatic carbocycles. The zero-order chi connectivity index (χ0) is 26.7. The Morgan fingerprint density at radius 3 is 2.05 bits per heavy atom. The molecule has 2 atom stereocenters. The van der Waals surface area contributed by atoms with Crippen molar-refractivity contribution in [3.8, 4) is 0 Å². The van der Waals surface area contributed by atoms with Gasteiger partial charge in [-0.3, -0.25) is 4.79 Å². The molecular formula is C35H27NO3. The Morgan fingerprint density at radius 1 is 0.718 bits per heavy atom. The lowest BCUT2D eigenvalue weighted by Gasteiger charge is -2.32. The largest absolute Gasteiger partial charge is 0.405 e. The van der Waals surface area contributed by atoms with Gasteiger partial charge in [0.1, 0.15) is 0 Å². The molecule has 0 saturated heterocycles. The predicted octanol–water partition coefficient (Wildman–Crippen LogP) is 7.18. The molecule has 4 heteroatoms. The van der Waals surface area contributed by atoms with Crippen LogP contribution in [0.3, 0.4) is 0 Å². The van der Waals surface area contributed by atoms with Crippen LogP contribution in [-0.2, 0) is 16.0 Å². The van der Waals surface area contributed by atoms with Gasteiger partial charge in [0.15, 0.2) is 11.3 Å². The number of ketones is 1. The summed E-state index contributed by atoms with van der Waals surface area (Å²) in [4.78, 5) is 32.8. The van der Waals surface area contributed by atoms with Crippen LogP contribution in [0, 0.1) is 0 Å². The molecule has 0 saturated carbocycles. The van der Waals surface area contributed by atoms with Crippen LogP contribution in [0.1, 0.15) is 39.4 Å². The van der Waals surface area contributed by atoms with Crippen molar-refractivity contribution in [2.75, 3.05) is 0 Å². The lowest BCUT2D eigenvalue weighted by Crippen LogP contribution is -2.43. The highest BCUT2D eigenvalue weighted by Crippen LogP contribution is 2.43. The lowest BCUT2D eigenvalue weighted by molar-refractivity contribution is -0.139. The van der Waals surface area contributed by atoms with E-state index in [-0.39, 0.29) is 18.1 Å². The molecule has 0 unspecified atom stereocenters. The molecule has 0 amide bonds. The fraction of sp³-hybridized carbons (Fsp3) is 0.114. The third-order valence-electron chi connectivity index (χ3n) is 7.42. The Balaban J connectivity index is 1.54. The zero-order valence-electron chi connectivity index (χ0n) is 21.4. The van der Waals surface area contributed by atoms with E-state index in [1.165, 1.54) is 0 Å². The highest BCUT2D eigenvalue weighted by Gasteiger charge is 2.53. The third kappa shape index (κ3) is 4.89. The predicted molar refractivity (Wildman–Crippen MR) is 154 cm³/mol. The van der Waals surface area contributed by atoms with Crippen LogP contribution in [0.15, 0.2) is 138 Å². The quantitative estimate of drug-likeness (QED) is 0.164. The molecule has 1 aliphatic rings. The molecule has 0 N–H and O–H groups in total. The van der Waals surface area contributed by atoms with Crippen molar-refractivity contribution in [3.63, 3.8) is 0 Å². The second kappa shape index (κ2) is 10.5. The normalized spacial score (nSPS) is 17.4. The summed E-state index contributed by atoms with van der Waals surface area (Å²) >= 11 is 0.